The van der Waals surface area contributed by atoms with Crippen molar-refractivity contribution in [3.05, 3.63) is 0 Å². The molecule has 0 radical (unpaired) electrons. The van der Waals surface area contributed by atoms with Crippen LogP contribution < -0.4 is 5.32 Å². The van der Waals surface area contributed by atoms with E-state index in [1.54, 1.807) is 0 Å². The van der Waals surface area contributed by atoms with E-state index < -0.39 is 13.0 Å². The highest BCUT2D eigenvalue weighted by atomic mass is 19.3. The lowest BCUT2D eigenvalue weighted by molar-refractivity contribution is 0.00667. The fourth-order valence-electron chi connectivity index (χ4n) is 2.95. The molecule has 0 spiro atoms. The number of nitrogens with zero attached hydrogens (tertiary/aromatic N) is 1. The van der Waals surface area contributed by atoms with E-state index in [1.807, 2.05) is 0 Å². The molecule has 2 aliphatic heterocycles. The molecule has 0 aromatic heterocycles. The van der Waals surface area contributed by atoms with Crippen LogP contribution in [0.1, 0.15) is 25.7 Å². The van der Waals surface area contributed by atoms with Gasteiger partial charge in [0, 0.05) is 24.7 Å². The lowest BCUT2D eigenvalue weighted by atomic mass is 9.99. The van der Waals surface area contributed by atoms with Crippen LogP contribution in [0.25, 0.3) is 0 Å². The molecule has 2 heterocycles. The molecule has 3 nitrogen and oxygen atoms in total. The minimum Gasteiger partial charge on any atom is -0.374 e. The molecule has 0 aromatic rings. The Kier molecular flexibility index (Phi) is 4.70. The number of likely N-dealkylation sites (N-methyl/N-ethyl adjacent to an activating group) is 1. The van der Waals surface area contributed by atoms with Gasteiger partial charge in [0.1, 0.15) is 6.61 Å². The Bertz CT molecular complexity index is 229. The van der Waals surface area contributed by atoms with Crippen molar-refractivity contribution in [3.63, 3.8) is 0 Å². The lowest BCUT2D eigenvalue weighted by Gasteiger charge is -2.35. The van der Waals surface area contributed by atoms with E-state index in [1.165, 1.54) is 25.7 Å². The number of piperidine rings is 1. The summed E-state index contributed by atoms with van der Waals surface area (Å²) in [5, 5.41) is 3.60. The Morgan fingerprint density at radius 2 is 1.94 bits per heavy atom. The molecular formula is C12H22F2N2O. The van der Waals surface area contributed by atoms with Gasteiger partial charge in [-0.05, 0) is 32.7 Å². The van der Waals surface area contributed by atoms with E-state index in [-0.39, 0.29) is 0 Å². The standard InChI is InChI=1S/C12H22F2N2O/c1-16(4-5-17-8-12(13)14)11-6-9-2-3-10(7-11)15-9/h9-12,15H,2-8H2,1H3. The van der Waals surface area contributed by atoms with E-state index >= 15 is 0 Å². The Labute approximate surface area is 101 Å². The van der Waals surface area contributed by atoms with Gasteiger partial charge in [-0.2, -0.15) is 0 Å². The van der Waals surface area contributed by atoms with Crippen LogP contribution in [0.2, 0.25) is 0 Å². The van der Waals surface area contributed by atoms with Crippen LogP contribution in [-0.4, -0.2) is 56.3 Å². The molecule has 100 valence electrons. The largest absolute Gasteiger partial charge is 0.374 e. The minimum absolute atomic E-state index is 0.403. The topological polar surface area (TPSA) is 24.5 Å². The van der Waals surface area contributed by atoms with Crippen LogP contribution in [0.4, 0.5) is 8.78 Å². The van der Waals surface area contributed by atoms with Crippen molar-refractivity contribution >= 4 is 0 Å². The first kappa shape index (κ1) is 13.2. The number of rotatable bonds is 6. The maximum atomic E-state index is 11.9. The molecular weight excluding hydrogens is 226 g/mol. The molecule has 2 saturated heterocycles. The summed E-state index contributed by atoms with van der Waals surface area (Å²) >= 11 is 0. The van der Waals surface area contributed by atoms with Crippen LogP contribution in [0.5, 0.6) is 0 Å². The quantitative estimate of drug-likeness (QED) is 0.721. The first-order chi connectivity index (χ1) is 8.15. The van der Waals surface area contributed by atoms with Crippen LogP contribution >= 0.6 is 0 Å². The summed E-state index contributed by atoms with van der Waals surface area (Å²) in [5.41, 5.74) is 0. The SMILES string of the molecule is CN(CCOCC(F)F)C1CC2CCC(C1)N2. The number of hydrogen-bond acceptors (Lipinski definition) is 3. The van der Waals surface area contributed by atoms with Crippen molar-refractivity contribution in [2.45, 2.75) is 50.2 Å². The van der Waals surface area contributed by atoms with Crippen LogP contribution in [0.15, 0.2) is 0 Å². The molecule has 2 bridgehead atoms. The monoisotopic (exact) mass is 248 g/mol. The maximum Gasteiger partial charge on any atom is 0.261 e. The summed E-state index contributed by atoms with van der Waals surface area (Å²) < 4.78 is 28.7. The second kappa shape index (κ2) is 6.07. The molecule has 0 aromatic carbocycles. The van der Waals surface area contributed by atoms with Gasteiger partial charge in [0.25, 0.3) is 6.43 Å². The van der Waals surface area contributed by atoms with Gasteiger partial charge in [0.15, 0.2) is 0 Å². The first-order valence-corrected chi connectivity index (χ1v) is 6.47. The summed E-state index contributed by atoms with van der Waals surface area (Å²) in [6.07, 6.45) is 2.59. The van der Waals surface area contributed by atoms with E-state index in [2.05, 4.69) is 17.3 Å². The Hall–Kier alpha value is -0.260. The summed E-state index contributed by atoms with van der Waals surface area (Å²) in [5.74, 6) is 0. The fraction of sp³-hybridized carbons (Fsp3) is 1.00. The maximum absolute atomic E-state index is 11.9. The number of nitrogens with one attached hydrogen (secondary N) is 1. The van der Waals surface area contributed by atoms with Crippen LogP contribution in [0.3, 0.4) is 0 Å². The van der Waals surface area contributed by atoms with Gasteiger partial charge in [-0.3, -0.25) is 0 Å². The van der Waals surface area contributed by atoms with E-state index in [0.29, 0.717) is 24.7 Å². The predicted molar refractivity (Wildman–Crippen MR) is 62.4 cm³/mol. The average Bonchev–Trinajstić information content (AvgIpc) is 2.63. The number of ether oxygens (including phenoxy) is 1. The number of alkyl halides is 2. The molecule has 5 heteroatoms. The number of halogens is 2. The summed E-state index contributed by atoms with van der Waals surface area (Å²) in [7, 11) is 2.07. The summed E-state index contributed by atoms with van der Waals surface area (Å²) in [4.78, 5) is 2.26. The van der Waals surface area contributed by atoms with Crippen LogP contribution in [0, 0.1) is 0 Å². The van der Waals surface area contributed by atoms with Gasteiger partial charge >= 0.3 is 0 Å². The molecule has 2 rings (SSSR count). The highest BCUT2D eigenvalue weighted by molar-refractivity contribution is 4.95. The summed E-state index contributed by atoms with van der Waals surface area (Å²) in [6, 6.07) is 1.93. The minimum atomic E-state index is -2.35. The molecule has 17 heavy (non-hydrogen) atoms. The third kappa shape index (κ3) is 3.86. The van der Waals surface area contributed by atoms with Gasteiger partial charge in [0.05, 0.1) is 6.61 Å². The molecule has 2 unspecified atom stereocenters. The highest BCUT2D eigenvalue weighted by Gasteiger charge is 2.34. The third-order valence-corrected chi connectivity index (χ3v) is 3.90. The van der Waals surface area contributed by atoms with Crippen LogP contribution in [-0.2, 0) is 4.74 Å². The first-order valence-electron chi connectivity index (χ1n) is 6.47. The van der Waals surface area contributed by atoms with Gasteiger partial charge in [0.2, 0.25) is 0 Å². The highest BCUT2D eigenvalue weighted by Crippen LogP contribution is 2.28. The van der Waals surface area contributed by atoms with Gasteiger partial charge in [-0.25, -0.2) is 8.78 Å². The lowest BCUT2D eigenvalue weighted by Crippen LogP contribution is -2.47. The molecule has 1 N–H and O–H groups in total. The predicted octanol–water partition coefficient (Wildman–Crippen LogP) is 1.48. The Morgan fingerprint density at radius 1 is 1.29 bits per heavy atom. The number of hydrogen-bond donors (Lipinski definition) is 1. The van der Waals surface area contributed by atoms with Crippen molar-refractivity contribution in [1.29, 1.82) is 0 Å². The smallest absolute Gasteiger partial charge is 0.261 e. The van der Waals surface area contributed by atoms with Gasteiger partial charge in [-0.15, -0.1) is 0 Å². The Balaban J connectivity index is 1.64. The average molecular weight is 248 g/mol. The molecule has 0 amide bonds. The van der Waals surface area contributed by atoms with Crippen molar-refractivity contribution in [3.8, 4) is 0 Å². The molecule has 0 saturated carbocycles. The number of fused-ring (bicyclic) bond motifs is 2. The molecule has 2 fully saturated rings. The van der Waals surface area contributed by atoms with E-state index in [9.17, 15) is 8.78 Å². The Morgan fingerprint density at radius 3 is 2.53 bits per heavy atom. The third-order valence-electron chi connectivity index (χ3n) is 3.90. The van der Waals surface area contributed by atoms with Crippen molar-refractivity contribution in [2.75, 3.05) is 26.8 Å². The molecule has 2 aliphatic rings. The van der Waals surface area contributed by atoms with Crippen molar-refractivity contribution in [1.82, 2.24) is 10.2 Å². The second-order valence-corrected chi connectivity index (χ2v) is 5.21. The molecule has 0 aliphatic carbocycles. The van der Waals surface area contributed by atoms with Crippen molar-refractivity contribution < 1.29 is 13.5 Å². The normalized spacial score (nSPS) is 32.6. The fourth-order valence-corrected chi connectivity index (χ4v) is 2.95. The van der Waals surface area contributed by atoms with Gasteiger partial charge in [-0.1, -0.05) is 0 Å². The van der Waals surface area contributed by atoms with E-state index in [4.69, 9.17) is 4.74 Å². The van der Waals surface area contributed by atoms with E-state index in [0.717, 1.165) is 6.54 Å². The zero-order chi connectivity index (χ0) is 12.3. The summed E-state index contributed by atoms with van der Waals surface area (Å²) in [6.45, 7) is 0.711. The zero-order valence-electron chi connectivity index (χ0n) is 10.4. The molecule has 2 atom stereocenters. The second-order valence-electron chi connectivity index (χ2n) is 5.21. The van der Waals surface area contributed by atoms with Crippen molar-refractivity contribution in [2.24, 2.45) is 0 Å². The van der Waals surface area contributed by atoms with Gasteiger partial charge < -0.3 is 15.0 Å². The zero-order valence-corrected chi connectivity index (χ0v) is 10.4.